The number of benzene rings is 3. The normalized spacial score (nSPS) is 13.0. The van der Waals surface area contributed by atoms with Crippen molar-refractivity contribution in [3.05, 3.63) is 84.1 Å². The molecule has 0 saturated heterocycles. The number of carbonyl (C=O) groups is 2. The number of aromatic nitrogens is 1. The van der Waals surface area contributed by atoms with Crippen LogP contribution in [-0.2, 0) is 11.3 Å². The second kappa shape index (κ2) is 9.03. The minimum Gasteiger partial charge on any atom is -0.481 e. The van der Waals surface area contributed by atoms with Crippen LogP contribution in [0.1, 0.15) is 22.8 Å². The molecule has 0 saturated carbocycles. The lowest BCUT2D eigenvalue weighted by Crippen LogP contribution is -2.38. The Morgan fingerprint density at radius 3 is 2.60 bits per heavy atom. The highest BCUT2D eigenvalue weighted by Crippen LogP contribution is 2.35. The van der Waals surface area contributed by atoms with Crippen molar-refractivity contribution < 1.29 is 29.0 Å². The van der Waals surface area contributed by atoms with Crippen LogP contribution < -0.4 is 25.0 Å². The van der Waals surface area contributed by atoms with Crippen molar-refractivity contribution >= 4 is 28.4 Å². The van der Waals surface area contributed by atoms with Gasteiger partial charge in [-0.3, -0.25) is 14.8 Å². The van der Waals surface area contributed by atoms with E-state index >= 15 is 0 Å². The summed E-state index contributed by atoms with van der Waals surface area (Å²) in [6.45, 7) is 2.18. The molecule has 9 heteroatoms. The summed E-state index contributed by atoms with van der Waals surface area (Å²) in [5.41, 5.74) is 8.13. The Morgan fingerprint density at radius 2 is 1.83 bits per heavy atom. The van der Waals surface area contributed by atoms with Gasteiger partial charge in [-0.2, -0.15) is 5.06 Å². The fraction of sp³-hybridized carbons (Fsp3) is 0.154. The van der Waals surface area contributed by atoms with Crippen LogP contribution in [0.4, 0.5) is 5.69 Å². The van der Waals surface area contributed by atoms with E-state index in [9.17, 15) is 14.8 Å². The predicted octanol–water partition coefficient (Wildman–Crippen LogP) is 3.71. The van der Waals surface area contributed by atoms with Crippen LogP contribution in [0.25, 0.3) is 10.9 Å². The first-order valence-electron chi connectivity index (χ1n) is 11.0. The fourth-order valence-corrected chi connectivity index (χ4v) is 4.02. The van der Waals surface area contributed by atoms with E-state index in [0.29, 0.717) is 34.4 Å². The highest BCUT2D eigenvalue weighted by molar-refractivity contribution is 6.06. The Morgan fingerprint density at radius 1 is 1.09 bits per heavy atom. The number of rotatable bonds is 7. The van der Waals surface area contributed by atoms with Gasteiger partial charge in [0.15, 0.2) is 17.6 Å². The Labute approximate surface area is 200 Å². The summed E-state index contributed by atoms with van der Waals surface area (Å²) in [4.78, 5) is 24.5. The molecule has 1 atom stereocenters. The van der Waals surface area contributed by atoms with Gasteiger partial charge in [-0.15, -0.1) is 0 Å². The summed E-state index contributed by atoms with van der Waals surface area (Å²) in [7, 11) is 0. The summed E-state index contributed by atoms with van der Waals surface area (Å²) in [5.74, 6) is 0.380. The number of hydrogen-bond acceptors (Lipinski definition) is 6. The molecule has 1 unspecified atom stereocenters. The maximum atomic E-state index is 12.7. The van der Waals surface area contributed by atoms with Gasteiger partial charge in [0.2, 0.25) is 6.79 Å². The Balaban J connectivity index is 1.26. The molecule has 0 bridgehead atoms. The topological polar surface area (TPSA) is 116 Å². The largest absolute Gasteiger partial charge is 0.481 e. The average molecular weight is 473 g/mol. The molecule has 0 fully saturated rings. The van der Waals surface area contributed by atoms with Gasteiger partial charge in [0.1, 0.15) is 5.75 Å². The number of para-hydroxylation sites is 1. The fourth-order valence-electron chi connectivity index (χ4n) is 4.02. The lowest BCUT2D eigenvalue weighted by Gasteiger charge is -2.20. The second-order valence-corrected chi connectivity index (χ2v) is 8.14. The summed E-state index contributed by atoms with van der Waals surface area (Å²) in [5, 5.41) is 11.7. The smallest absolute Gasteiger partial charge is 0.291 e. The highest BCUT2D eigenvalue weighted by atomic mass is 16.7. The van der Waals surface area contributed by atoms with Crippen molar-refractivity contribution in [1.29, 1.82) is 0 Å². The van der Waals surface area contributed by atoms with Crippen molar-refractivity contribution in [2.24, 2.45) is 5.73 Å². The third-order valence-electron chi connectivity index (χ3n) is 5.80. The molecule has 2 heterocycles. The van der Waals surface area contributed by atoms with Gasteiger partial charge < -0.3 is 24.5 Å². The van der Waals surface area contributed by atoms with Crippen molar-refractivity contribution in [1.82, 2.24) is 4.57 Å². The van der Waals surface area contributed by atoms with Crippen molar-refractivity contribution in [3.63, 3.8) is 0 Å². The number of hydroxylamine groups is 1. The standard InChI is InChI=1S/C26H23N3O6/c1-16(26(31)29(32)18-8-11-23-24(12-18)34-15-33-23)35-19-9-6-17(7-10-19)13-28-14-21(25(27)30)20-4-2-3-5-22(20)28/h2-12,14,16,32H,13,15H2,1H3,(H2,27,30). The van der Waals surface area contributed by atoms with Gasteiger partial charge in [-0.1, -0.05) is 30.3 Å². The first-order valence-corrected chi connectivity index (χ1v) is 11.0. The van der Waals surface area contributed by atoms with Crippen LogP contribution in [0.5, 0.6) is 17.2 Å². The maximum absolute atomic E-state index is 12.7. The predicted molar refractivity (Wildman–Crippen MR) is 128 cm³/mol. The molecule has 5 rings (SSSR count). The molecule has 2 amide bonds. The lowest BCUT2D eigenvalue weighted by atomic mass is 10.2. The number of ether oxygens (including phenoxy) is 3. The molecule has 178 valence electrons. The van der Waals surface area contributed by atoms with E-state index in [0.717, 1.165) is 16.5 Å². The Kier molecular flexibility index (Phi) is 5.76. The minimum absolute atomic E-state index is 0.0978. The van der Waals surface area contributed by atoms with Gasteiger partial charge in [0.05, 0.1) is 11.3 Å². The van der Waals surface area contributed by atoms with Gasteiger partial charge in [-0.05, 0) is 42.8 Å². The second-order valence-electron chi connectivity index (χ2n) is 8.14. The molecule has 1 aliphatic rings. The molecular formula is C26H23N3O6. The third kappa shape index (κ3) is 4.36. The van der Waals surface area contributed by atoms with Crippen LogP contribution in [0.3, 0.4) is 0 Å². The molecule has 35 heavy (non-hydrogen) atoms. The summed E-state index contributed by atoms with van der Waals surface area (Å²) < 4.78 is 18.2. The highest BCUT2D eigenvalue weighted by Gasteiger charge is 2.24. The Hall–Kier alpha value is -4.50. The number of nitrogens with two attached hydrogens (primary N) is 1. The van der Waals surface area contributed by atoms with Crippen LogP contribution >= 0.6 is 0 Å². The van der Waals surface area contributed by atoms with Crippen LogP contribution in [-0.4, -0.2) is 34.5 Å². The molecule has 4 aromatic rings. The van der Waals surface area contributed by atoms with Gasteiger partial charge >= 0.3 is 0 Å². The van der Waals surface area contributed by atoms with Crippen LogP contribution in [0, 0.1) is 0 Å². The third-order valence-corrected chi connectivity index (χ3v) is 5.80. The SMILES string of the molecule is CC(Oc1ccc(Cn2cc(C(N)=O)c3ccccc32)cc1)C(=O)N(O)c1ccc2c(c1)OCO2. The zero-order valence-electron chi connectivity index (χ0n) is 18.9. The van der Waals surface area contributed by atoms with Crippen molar-refractivity contribution in [2.75, 3.05) is 11.9 Å². The van der Waals surface area contributed by atoms with E-state index in [4.69, 9.17) is 19.9 Å². The molecule has 1 aromatic heterocycles. The molecule has 9 nitrogen and oxygen atoms in total. The zero-order valence-corrected chi connectivity index (χ0v) is 18.9. The van der Waals surface area contributed by atoms with Gasteiger partial charge in [0.25, 0.3) is 11.8 Å². The van der Waals surface area contributed by atoms with E-state index < -0.39 is 17.9 Å². The summed E-state index contributed by atoms with van der Waals surface area (Å²) >= 11 is 0. The van der Waals surface area contributed by atoms with E-state index in [1.54, 1.807) is 37.4 Å². The van der Waals surface area contributed by atoms with E-state index in [1.165, 1.54) is 6.07 Å². The summed E-state index contributed by atoms with van der Waals surface area (Å²) in [6, 6.07) is 19.5. The average Bonchev–Trinajstić information content (AvgIpc) is 3.49. The number of anilines is 1. The monoisotopic (exact) mass is 473 g/mol. The van der Waals surface area contributed by atoms with Crippen LogP contribution in [0.15, 0.2) is 72.9 Å². The van der Waals surface area contributed by atoms with Gasteiger partial charge in [-0.25, -0.2) is 0 Å². The van der Waals surface area contributed by atoms with Crippen molar-refractivity contribution in [3.8, 4) is 17.2 Å². The van der Waals surface area contributed by atoms with E-state index in [1.807, 2.05) is 41.0 Å². The lowest BCUT2D eigenvalue weighted by molar-refractivity contribution is -0.129. The summed E-state index contributed by atoms with van der Waals surface area (Å²) in [6.07, 6.45) is 0.812. The number of amides is 2. The quantitative estimate of drug-likeness (QED) is 0.312. The number of carbonyl (C=O) groups excluding carboxylic acids is 2. The van der Waals surface area contributed by atoms with E-state index in [-0.39, 0.29) is 12.5 Å². The number of hydrogen-bond donors (Lipinski definition) is 2. The molecule has 0 spiro atoms. The number of primary amides is 1. The Bertz CT molecular complexity index is 1410. The maximum Gasteiger partial charge on any atom is 0.291 e. The van der Waals surface area contributed by atoms with Crippen molar-refractivity contribution in [2.45, 2.75) is 19.6 Å². The molecule has 3 aromatic carbocycles. The molecule has 0 aliphatic carbocycles. The van der Waals surface area contributed by atoms with Crippen LogP contribution in [0.2, 0.25) is 0 Å². The van der Waals surface area contributed by atoms with Gasteiger partial charge in [0, 0.05) is 29.7 Å². The molecular weight excluding hydrogens is 450 g/mol. The first-order chi connectivity index (χ1) is 16.9. The number of fused-ring (bicyclic) bond motifs is 2. The molecule has 3 N–H and O–H groups in total. The number of nitrogens with zero attached hydrogens (tertiary/aromatic N) is 2. The minimum atomic E-state index is -0.942. The molecule has 1 aliphatic heterocycles. The zero-order chi connectivity index (χ0) is 24.5. The first kappa shape index (κ1) is 22.3. The molecule has 0 radical (unpaired) electrons. The van der Waals surface area contributed by atoms with E-state index in [2.05, 4.69) is 0 Å².